The Hall–Kier alpha value is -2.04. The lowest BCUT2D eigenvalue weighted by Gasteiger charge is -2.31. The quantitative estimate of drug-likeness (QED) is 0.791. The molecule has 0 aliphatic carbocycles. The van der Waals surface area contributed by atoms with E-state index in [1.807, 2.05) is 13.0 Å². The Morgan fingerprint density at radius 1 is 1.42 bits per heavy atom. The van der Waals surface area contributed by atoms with Crippen molar-refractivity contribution in [2.45, 2.75) is 19.8 Å². The number of hydrogen-bond acceptors (Lipinski definition) is 3. The molecule has 5 nitrogen and oxygen atoms in total. The summed E-state index contributed by atoms with van der Waals surface area (Å²) in [4.78, 5) is 25.0. The zero-order valence-electron chi connectivity index (χ0n) is 10.9. The summed E-state index contributed by atoms with van der Waals surface area (Å²) in [7, 11) is 0. The molecule has 5 heteroatoms. The number of nitrogens with two attached hydrogens (primary N) is 1. The number of aliphatic carboxylic acids is 1. The predicted molar refractivity (Wildman–Crippen MR) is 71.9 cm³/mol. The molecule has 1 atom stereocenters. The summed E-state index contributed by atoms with van der Waals surface area (Å²) < 4.78 is 0. The number of likely N-dealkylation sites (tertiary alicyclic amines) is 1. The van der Waals surface area contributed by atoms with Crippen molar-refractivity contribution in [3.05, 3.63) is 29.3 Å². The van der Waals surface area contributed by atoms with Crippen LogP contribution in [0.2, 0.25) is 0 Å². The fraction of sp³-hybridized carbons (Fsp3) is 0.429. The van der Waals surface area contributed by atoms with Crippen molar-refractivity contribution in [1.82, 2.24) is 4.90 Å². The Morgan fingerprint density at radius 2 is 2.16 bits per heavy atom. The Labute approximate surface area is 112 Å². The molecular weight excluding hydrogens is 244 g/mol. The summed E-state index contributed by atoms with van der Waals surface area (Å²) in [5, 5.41) is 9.04. The Morgan fingerprint density at radius 3 is 2.84 bits per heavy atom. The standard InChI is InChI=1S/C14H18N2O3/c1-9-4-5-12(15)11(7-9)13(17)16-6-2-3-10(8-16)14(18)19/h4-5,7,10H,2-3,6,8,15H2,1H3,(H,18,19)/t10-/m1/s1. The van der Waals surface area contributed by atoms with Gasteiger partial charge in [0.25, 0.3) is 5.91 Å². The maximum atomic E-state index is 12.4. The van der Waals surface area contributed by atoms with Gasteiger partial charge in [-0.05, 0) is 31.9 Å². The first-order valence-corrected chi connectivity index (χ1v) is 6.37. The van der Waals surface area contributed by atoms with E-state index >= 15 is 0 Å². The fourth-order valence-corrected chi connectivity index (χ4v) is 2.39. The zero-order valence-corrected chi connectivity index (χ0v) is 10.9. The van der Waals surface area contributed by atoms with Crippen molar-refractivity contribution in [2.24, 2.45) is 5.92 Å². The van der Waals surface area contributed by atoms with Crippen molar-refractivity contribution in [2.75, 3.05) is 18.8 Å². The monoisotopic (exact) mass is 262 g/mol. The van der Waals surface area contributed by atoms with E-state index < -0.39 is 11.9 Å². The highest BCUT2D eigenvalue weighted by Crippen LogP contribution is 2.21. The third kappa shape index (κ3) is 2.86. The van der Waals surface area contributed by atoms with E-state index in [9.17, 15) is 9.59 Å². The Balaban J connectivity index is 2.19. The van der Waals surface area contributed by atoms with Crippen LogP contribution in [-0.4, -0.2) is 35.0 Å². The first kappa shape index (κ1) is 13.4. The number of anilines is 1. The van der Waals surface area contributed by atoms with Crippen molar-refractivity contribution in [1.29, 1.82) is 0 Å². The normalized spacial score (nSPS) is 19.2. The number of amides is 1. The first-order chi connectivity index (χ1) is 8.99. The molecule has 1 aliphatic rings. The number of hydrogen-bond donors (Lipinski definition) is 2. The second-order valence-corrected chi connectivity index (χ2v) is 5.02. The van der Waals surface area contributed by atoms with Crippen LogP contribution < -0.4 is 5.73 Å². The van der Waals surface area contributed by atoms with Gasteiger partial charge in [0.15, 0.2) is 0 Å². The highest BCUT2D eigenvalue weighted by Gasteiger charge is 2.29. The van der Waals surface area contributed by atoms with Crippen molar-refractivity contribution in [3.63, 3.8) is 0 Å². The molecule has 0 spiro atoms. The number of nitrogen functional groups attached to an aromatic ring is 1. The van der Waals surface area contributed by atoms with Crippen LogP contribution in [0.15, 0.2) is 18.2 Å². The van der Waals surface area contributed by atoms with Crippen LogP contribution in [0, 0.1) is 12.8 Å². The number of carbonyl (C=O) groups excluding carboxylic acids is 1. The number of rotatable bonds is 2. The maximum Gasteiger partial charge on any atom is 0.308 e. The number of nitrogens with zero attached hydrogens (tertiary/aromatic N) is 1. The SMILES string of the molecule is Cc1ccc(N)c(C(=O)N2CCC[C@@H](C(=O)O)C2)c1. The number of carboxylic acids is 1. The van der Waals surface area contributed by atoms with Crippen LogP contribution in [0.25, 0.3) is 0 Å². The Kier molecular flexibility index (Phi) is 3.74. The molecule has 102 valence electrons. The van der Waals surface area contributed by atoms with E-state index in [0.29, 0.717) is 30.6 Å². The zero-order chi connectivity index (χ0) is 14.0. The molecule has 0 saturated carbocycles. The van der Waals surface area contributed by atoms with E-state index in [-0.39, 0.29) is 12.5 Å². The third-order valence-electron chi connectivity index (χ3n) is 3.50. The number of piperidine rings is 1. The summed E-state index contributed by atoms with van der Waals surface area (Å²) in [5.41, 5.74) is 7.69. The topological polar surface area (TPSA) is 83.6 Å². The van der Waals surface area contributed by atoms with Crippen molar-refractivity contribution < 1.29 is 14.7 Å². The molecule has 1 saturated heterocycles. The smallest absolute Gasteiger partial charge is 0.308 e. The van der Waals surface area contributed by atoms with Crippen LogP contribution in [0.1, 0.15) is 28.8 Å². The third-order valence-corrected chi connectivity index (χ3v) is 3.50. The maximum absolute atomic E-state index is 12.4. The highest BCUT2D eigenvalue weighted by atomic mass is 16.4. The molecule has 1 amide bonds. The van der Waals surface area contributed by atoms with E-state index in [1.54, 1.807) is 17.0 Å². The van der Waals surface area contributed by atoms with Crippen molar-refractivity contribution >= 4 is 17.6 Å². The van der Waals surface area contributed by atoms with Gasteiger partial charge in [-0.2, -0.15) is 0 Å². The van der Waals surface area contributed by atoms with E-state index in [1.165, 1.54) is 0 Å². The van der Waals surface area contributed by atoms with Crippen LogP contribution in [0.5, 0.6) is 0 Å². The predicted octanol–water partition coefficient (Wildman–Crippen LogP) is 1.51. The Bertz CT molecular complexity index is 513. The average Bonchev–Trinajstić information content (AvgIpc) is 2.41. The molecule has 3 N–H and O–H groups in total. The van der Waals surface area contributed by atoms with Crippen molar-refractivity contribution in [3.8, 4) is 0 Å². The molecule has 2 rings (SSSR count). The largest absolute Gasteiger partial charge is 0.481 e. The van der Waals surface area contributed by atoms with Gasteiger partial charge >= 0.3 is 5.97 Å². The molecule has 1 heterocycles. The van der Waals surface area contributed by atoms with Gasteiger partial charge in [0, 0.05) is 18.8 Å². The van der Waals surface area contributed by atoms with E-state index in [2.05, 4.69) is 0 Å². The number of benzene rings is 1. The summed E-state index contributed by atoms with van der Waals surface area (Å²) in [6.45, 7) is 2.75. The lowest BCUT2D eigenvalue weighted by molar-refractivity contribution is -0.143. The summed E-state index contributed by atoms with van der Waals surface area (Å²) in [6.07, 6.45) is 1.34. The molecule has 1 fully saturated rings. The van der Waals surface area contributed by atoms with E-state index in [0.717, 1.165) is 5.56 Å². The van der Waals surface area contributed by atoms with Crippen LogP contribution in [0.4, 0.5) is 5.69 Å². The van der Waals surface area contributed by atoms with Gasteiger partial charge < -0.3 is 15.7 Å². The van der Waals surface area contributed by atoms with Gasteiger partial charge in [-0.1, -0.05) is 11.6 Å². The minimum Gasteiger partial charge on any atom is -0.481 e. The van der Waals surface area contributed by atoms with Gasteiger partial charge in [-0.3, -0.25) is 9.59 Å². The summed E-state index contributed by atoms with van der Waals surface area (Å²) in [5.74, 6) is -1.48. The highest BCUT2D eigenvalue weighted by molar-refractivity contribution is 5.99. The van der Waals surface area contributed by atoms with Gasteiger partial charge in [0.05, 0.1) is 11.5 Å². The minimum atomic E-state index is -0.838. The lowest BCUT2D eigenvalue weighted by atomic mass is 9.97. The molecule has 19 heavy (non-hydrogen) atoms. The summed E-state index contributed by atoms with van der Waals surface area (Å²) >= 11 is 0. The molecule has 0 aromatic heterocycles. The lowest BCUT2D eigenvalue weighted by Crippen LogP contribution is -2.42. The molecule has 1 aliphatic heterocycles. The van der Waals surface area contributed by atoms with Crippen LogP contribution in [0.3, 0.4) is 0 Å². The number of carboxylic acid groups (broad SMARTS) is 1. The molecular formula is C14H18N2O3. The first-order valence-electron chi connectivity index (χ1n) is 6.37. The fourth-order valence-electron chi connectivity index (χ4n) is 2.39. The number of aryl methyl sites for hydroxylation is 1. The van der Waals surface area contributed by atoms with Gasteiger partial charge in [-0.25, -0.2) is 0 Å². The van der Waals surface area contributed by atoms with Crippen LogP contribution >= 0.6 is 0 Å². The minimum absolute atomic E-state index is 0.174. The van der Waals surface area contributed by atoms with E-state index in [4.69, 9.17) is 10.8 Å². The second-order valence-electron chi connectivity index (χ2n) is 5.02. The molecule has 0 radical (unpaired) electrons. The van der Waals surface area contributed by atoms with Gasteiger partial charge in [0.2, 0.25) is 0 Å². The average molecular weight is 262 g/mol. The number of carbonyl (C=O) groups is 2. The molecule has 0 unspecified atom stereocenters. The van der Waals surface area contributed by atoms with Gasteiger partial charge in [0.1, 0.15) is 0 Å². The molecule has 0 bridgehead atoms. The molecule has 1 aromatic carbocycles. The summed E-state index contributed by atoms with van der Waals surface area (Å²) in [6, 6.07) is 5.31. The van der Waals surface area contributed by atoms with Gasteiger partial charge in [-0.15, -0.1) is 0 Å². The molecule has 1 aromatic rings. The van der Waals surface area contributed by atoms with Crippen LogP contribution in [-0.2, 0) is 4.79 Å². The second kappa shape index (κ2) is 5.30.